The molecule has 108 valence electrons. The van der Waals surface area contributed by atoms with E-state index in [1.165, 1.54) is 19.3 Å². The maximum absolute atomic E-state index is 4.56. The molecule has 1 saturated heterocycles. The molecule has 1 aliphatic heterocycles. The summed E-state index contributed by atoms with van der Waals surface area (Å²) < 4.78 is 2.21. The predicted octanol–water partition coefficient (Wildman–Crippen LogP) is 3.53. The van der Waals surface area contributed by atoms with Crippen molar-refractivity contribution in [2.75, 3.05) is 30.5 Å². The van der Waals surface area contributed by atoms with Crippen LogP contribution in [0, 0.1) is 0 Å². The molecule has 0 aliphatic carbocycles. The number of anilines is 1. The van der Waals surface area contributed by atoms with Gasteiger partial charge in [0.2, 0.25) is 0 Å². The highest BCUT2D eigenvalue weighted by Gasteiger charge is 2.21. The molecule has 0 saturated carbocycles. The second-order valence-electron chi connectivity index (χ2n) is 4.83. The molecule has 0 N–H and O–H groups in total. The number of aromatic nitrogens is 3. The number of hydrogen-bond donors (Lipinski definition) is 0. The molecule has 0 amide bonds. The quantitative estimate of drug-likeness (QED) is 0.804. The normalized spacial score (nSPS) is 20.3. The lowest BCUT2D eigenvalue weighted by Gasteiger charge is -2.24. The Balaban J connectivity index is 1.97. The fourth-order valence-electron chi connectivity index (χ4n) is 2.52. The lowest BCUT2D eigenvalue weighted by molar-refractivity contribution is 0.736. The molecule has 0 bridgehead atoms. The van der Waals surface area contributed by atoms with Gasteiger partial charge in [0.05, 0.1) is 0 Å². The second kappa shape index (κ2) is 6.49. The van der Waals surface area contributed by atoms with Crippen molar-refractivity contribution in [1.29, 1.82) is 0 Å². The van der Waals surface area contributed by atoms with E-state index in [0.29, 0.717) is 5.25 Å². The molecule has 3 rings (SSSR count). The smallest absolute Gasteiger partial charge is 0.176 e. The zero-order valence-electron chi connectivity index (χ0n) is 11.7. The van der Waals surface area contributed by atoms with Crippen LogP contribution in [0.3, 0.4) is 0 Å². The van der Waals surface area contributed by atoms with Crippen molar-refractivity contribution in [3.63, 3.8) is 0 Å². The number of rotatable bonds is 3. The first-order valence-corrected chi connectivity index (χ1v) is 10.1. The summed E-state index contributed by atoms with van der Waals surface area (Å²) in [5.74, 6) is 1.08. The van der Waals surface area contributed by atoms with E-state index in [1.54, 1.807) is 29.4 Å². The fraction of sp³-hybridized carbons (Fsp3) is 0.615. The van der Waals surface area contributed by atoms with E-state index in [1.807, 2.05) is 11.8 Å². The summed E-state index contributed by atoms with van der Waals surface area (Å²) in [5.41, 5.74) is 0.842. The zero-order valence-corrected chi connectivity index (χ0v) is 14.2. The number of hydrogen-bond acceptors (Lipinski definition) is 7. The van der Waals surface area contributed by atoms with Crippen molar-refractivity contribution in [2.45, 2.75) is 28.9 Å². The Bertz CT molecular complexity index is 586. The van der Waals surface area contributed by atoms with E-state index < -0.39 is 0 Å². The van der Waals surface area contributed by atoms with Gasteiger partial charge >= 0.3 is 0 Å². The van der Waals surface area contributed by atoms with E-state index in [9.17, 15) is 0 Å². The van der Waals surface area contributed by atoms with Crippen molar-refractivity contribution >= 4 is 51.0 Å². The Labute approximate surface area is 131 Å². The van der Waals surface area contributed by atoms with Crippen LogP contribution in [0.4, 0.5) is 5.82 Å². The maximum atomic E-state index is 4.56. The van der Waals surface area contributed by atoms with Gasteiger partial charge in [-0.25, -0.2) is 15.0 Å². The van der Waals surface area contributed by atoms with Crippen molar-refractivity contribution < 1.29 is 0 Å². The van der Waals surface area contributed by atoms with Crippen molar-refractivity contribution in [3.8, 4) is 0 Å². The monoisotopic (exact) mass is 326 g/mol. The second-order valence-corrected chi connectivity index (χ2v) is 8.02. The van der Waals surface area contributed by atoms with Gasteiger partial charge in [0, 0.05) is 18.3 Å². The molecule has 1 unspecified atom stereocenters. The Morgan fingerprint density at radius 1 is 1.30 bits per heavy atom. The van der Waals surface area contributed by atoms with Gasteiger partial charge in [-0.1, -0.05) is 18.2 Å². The van der Waals surface area contributed by atoms with Crippen LogP contribution in [0.15, 0.2) is 10.7 Å². The molecule has 0 aromatic carbocycles. The van der Waals surface area contributed by atoms with Gasteiger partial charge in [-0.3, -0.25) is 0 Å². The minimum Gasteiger partial charge on any atom is -0.354 e. The van der Waals surface area contributed by atoms with E-state index >= 15 is 0 Å². The van der Waals surface area contributed by atoms with Crippen LogP contribution >= 0.6 is 34.9 Å². The zero-order chi connectivity index (χ0) is 13.9. The van der Waals surface area contributed by atoms with Gasteiger partial charge in [-0.2, -0.15) is 11.8 Å². The summed E-state index contributed by atoms with van der Waals surface area (Å²) in [6, 6.07) is 0. The van der Waals surface area contributed by atoms with Crippen LogP contribution in [0.1, 0.15) is 19.3 Å². The Morgan fingerprint density at radius 3 is 3.00 bits per heavy atom. The van der Waals surface area contributed by atoms with Gasteiger partial charge in [0.1, 0.15) is 11.0 Å². The highest BCUT2D eigenvalue weighted by molar-refractivity contribution is 8.00. The van der Waals surface area contributed by atoms with E-state index in [4.69, 9.17) is 0 Å². The number of thiazole rings is 1. The first kappa shape index (κ1) is 14.4. The van der Waals surface area contributed by atoms with Crippen molar-refractivity contribution in [3.05, 3.63) is 6.33 Å². The molecule has 7 heteroatoms. The topological polar surface area (TPSA) is 41.9 Å². The first-order chi connectivity index (χ1) is 9.81. The third-order valence-corrected chi connectivity index (χ3v) is 6.67. The van der Waals surface area contributed by atoms with Crippen LogP contribution in [-0.2, 0) is 0 Å². The molecule has 0 radical (unpaired) electrons. The molecule has 2 aromatic rings. The lowest BCUT2D eigenvalue weighted by atomic mass is 10.2. The molecule has 1 atom stereocenters. The third-order valence-electron chi connectivity index (χ3n) is 3.59. The summed E-state index contributed by atoms with van der Waals surface area (Å²) >= 11 is 5.36. The van der Waals surface area contributed by atoms with Crippen LogP contribution < -0.4 is 4.90 Å². The molecule has 4 nitrogen and oxygen atoms in total. The summed E-state index contributed by atoms with van der Waals surface area (Å²) in [4.78, 5) is 15.8. The molecular weight excluding hydrogens is 308 g/mol. The first-order valence-electron chi connectivity index (χ1n) is 6.75. The summed E-state index contributed by atoms with van der Waals surface area (Å²) in [6.45, 7) is 2.18. The minimum absolute atomic E-state index is 0.704. The number of fused-ring (bicyclic) bond motifs is 1. The molecule has 1 fully saturated rings. The summed E-state index contributed by atoms with van der Waals surface area (Å²) in [6.07, 6.45) is 9.79. The van der Waals surface area contributed by atoms with Gasteiger partial charge < -0.3 is 4.90 Å². The Morgan fingerprint density at radius 2 is 2.20 bits per heavy atom. The van der Waals surface area contributed by atoms with Gasteiger partial charge in [0.15, 0.2) is 15.8 Å². The standard InChI is InChI=1S/C13H18N4S3/c1-18-9-5-3-4-6-17(7-9)12-10-11(14-8-15-12)16-13(19-2)20-10/h8-9H,3-7H2,1-2H3. The van der Waals surface area contributed by atoms with E-state index in [2.05, 4.69) is 32.4 Å². The maximum Gasteiger partial charge on any atom is 0.176 e. The Hall–Kier alpha value is -0.530. The van der Waals surface area contributed by atoms with Gasteiger partial charge in [-0.05, 0) is 25.4 Å². The molecular formula is C13H18N4S3. The number of nitrogens with zero attached hydrogens (tertiary/aromatic N) is 4. The van der Waals surface area contributed by atoms with Gasteiger partial charge in [-0.15, -0.1) is 11.3 Å². The minimum atomic E-state index is 0.704. The van der Waals surface area contributed by atoms with Crippen LogP contribution in [0.2, 0.25) is 0 Å². The lowest BCUT2D eigenvalue weighted by Crippen LogP contribution is -2.30. The van der Waals surface area contributed by atoms with Crippen molar-refractivity contribution in [2.24, 2.45) is 0 Å². The average molecular weight is 327 g/mol. The van der Waals surface area contributed by atoms with Crippen LogP contribution in [0.5, 0.6) is 0 Å². The molecule has 1 aliphatic rings. The molecule has 3 heterocycles. The van der Waals surface area contributed by atoms with Crippen LogP contribution in [0.25, 0.3) is 10.3 Å². The highest BCUT2D eigenvalue weighted by atomic mass is 32.2. The summed E-state index contributed by atoms with van der Waals surface area (Å²) in [7, 11) is 0. The summed E-state index contributed by atoms with van der Waals surface area (Å²) in [5, 5.41) is 0.704. The average Bonchev–Trinajstić information content (AvgIpc) is 2.76. The molecule has 20 heavy (non-hydrogen) atoms. The van der Waals surface area contributed by atoms with Crippen molar-refractivity contribution in [1.82, 2.24) is 15.0 Å². The highest BCUT2D eigenvalue weighted by Crippen LogP contribution is 2.34. The third kappa shape index (κ3) is 2.89. The fourth-order valence-corrected chi connectivity index (χ4v) is 4.79. The molecule has 2 aromatic heterocycles. The molecule has 0 spiro atoms. The Kier molecular flexibility index (Phi) is 4.68. The predicted molar refractivity (Wildman–Crippen MR) is 90.4 cm³/mol. The number of thioether (sulfide) groups is 2. The van der Waals surface area contributed by atoms with E-state index in [0.717, 1.165) is 33.6 Å². The van der Waals surface area contributed by atoms with Gasteiger partial charge in [0.25, 0.3) is 0 Å². The van der Waals surface area contributed by atoms with Crippen LogP contribution in [-0.4, -0.2) is 45.8 Å². The largest absolute Gasteiger partial charge is 0.354 e. The SMILES string of the molecule is CSc1nc2ncnc(N3CCCCC(SC)C3)c2s1. The van der Waals surface area contributed by atoms with E-state index in [-0.39, 0.29) is 0 Å².